The van der Waals surface area contributed by atoms with Crippen molar-refractivity contribution in [2.24, 2.45) is 5.41 Å². The molecule has 28 heavy (non-hydrogen) atoms. The van der Waals surface area contributed by atoms with Crippen LogP contribution in [0.3, 0.4) is 0 Å². The highest BCUT2D eigenvalue weighted by Crippen LogP contribution is 2.38. The van der Waals surface area contributed by atoms with Crippen molar-refractivity contribution in [2.75, 3.05) is 26.2 Å². The van der Waals surface area contributed by atoms with E-state index in [1.165, 1.54) is 5.39 Å². The molecule has 0 spiro atoms. The molecule has 1 aliphatic heterocycles. The lowest BCUT2D eigenvalue weighted by Crippen LogP contribution is -2.40. The van der Waals surface area contributed by atoms with Gasteiger partial charge in [-0.05, 0) is 68.1 Å². The largest absolute Gasteiger partial charge is 0.481 e. The number of carboxylic acids is 1. The summed E-state index contributed by atoms with van der Waals surface area (Å²) in [6.45, 7) is 7.72. The maximum atomic E-state index is 12.7. The van der Waals surface area contributed by atoms with Crippen LogP contribution in [-0.4, -0.2) is 48.3 Å². The van der Waals surface area contributed by atoms with Crippen LogP contribution in [0.2, 0.25) is 0 Å². The first kappa shape index (κ1) is 20.8. The topological polar surface area (TPSA) is 49.8 Å². The first-order valence-electron chi connectivity index (χ1n) is 10.6. The summed E-state index contributed by atoms with van der Waals surface area (Å²) in [5.41, 5.74) is 0.319. The van der Waals surface area contributed by atoms with E-state index in [-0.39, 0.29) is 6.10 Å². The number of carbonyl (C=O) groups is 1. The van der Waals surface area contributed by atoms with E-state index in [9.17, 15) is 9.90 Å². The molecule has 1 aliphatic rings. The summed E-state index contributed by atoms with van der Waals surface area (Å²) in [5.74, 6) is -0.692. The SMILES string of the molecule is CCN(CC)CCC(Cc1cccc2ccccc12)(CC1CCCO1)C(=O)O. The molecule has 1 fully saturated rings. The molecule has 2 aromatic rings. The lowest BCUT2D eigenvalue weighted by molar-refractivity contribution is -0.152. The number of rotatable bonds is 10. The van der Waals surface area contributed by atoms with Gasteiger partial charge in [-0.3, -0.25) is 4.79 Å². The number of fused-ring (bicyclic) bond motifs is 1. The molecule has 152 valence electrons. The Balaban J connectivity index is 1.93. The number of aliphatic carboxylic acids is 1. The van der Waals surface area contributed by atoms with Crippen molar-refractivity contribution in [2.45, 2.75) is 52.1 Å². The van der Waals surface area contributed by atoms with Crippen molar-refractivity contribution < 1.29 is 14.6 Å². The van der Waals surface area contributed by atoms with Gasteiger partial charge in [-0.2, -0.15) is 0 Å². The normalized spacial score (nSPS) is 19.2. The zero-order valence-electron chi connectivity index (χ0n) is 17.2. The maximum Gasteiger partial charge on any atom is 0.310 e. The van der Waals surface area contributed by atoms with Crippen LogP contribution in [-0.2, 0) is 16.0 Å². The fourth-order valence-corrected chi connectivity index (χ4v) is 4.50. The van der Waals surface area contributed by atoms with Gasteiger partial charge in [-0.15, -0.1) is 0 Å². The molecular formula is C24H33NO3. The summed E-state index contributed by atoms with van der Waals surface area (Å²) < 4.78 is 5.87. The Morgan fingerprint density at radius 3 is 2.61 bits per heavy atom. The molecule has 1 saturated heterocycles. The van der Waals surface area contributed by atoms with Crippen molar-refractivity contribution >= 4 is 16.7 Å². The Kier molecular flexibility index (Phi) is 7.08. The number of nitrogens with zero attached hydrogens (tertiary/aromatic N) is 1. The minimum atomic E-state index is -0.804. The van der Waals surface area contributed by atoms with Gasteiger partial charge >= 0.3 is 5.97 Å². The summed E-state index contributed by atoms with van der Waals surface area (Å²) in [6.07, 6.45) is 3.84. The molecule has 2 aromatic carbocycles. The van der Waals surface area contributed by atoms with Crippen LogP contribution in [0.4, 0.5) is 0 Å². The lowest BCUT2D eigenvalue weighted by atomic mass is 9.73. The molecule has 0 radical (unpaired) electrons. The van der Waals surface area contributed by atoms with E-state index in [1.54, 1.807) is 0 Å². The smallest absolute Gasteiger partial charge is 0.310 e. The average Bonchev–Trinajstić information content (AvgIpc) is 3.21. The molecule has 4 nitrogen and oxygen atoms in total. The van der Waals surface area contributed by atoms with Gasteiger partial charge in [-0.25, -0.2) is 0 Å². The molecule has 0 amide bonds. The Hall–Kier alpha value is -1.91. The zero-order valence-corrected chi connectivity index (χ0v) is 17.2. The number of ether oxygens (including phenoxy) is 1. The Bertz CT molecular complexity index is 775. The first-order valence-corrected chi connectivity index (χ1v) is 10.6. The van der Waals surface area contributed by atoms with E-state index in [4.69, 9.17) is 4.74 Å². The standard InChI is InChI=1S/C24H33NO3/c1-3-25(4-2)15-14-24(23(26)27,18-21-12-8-16-28-21)17-20-11-7-10-19-9-5-6-13-22(19)20/h5-7,9-11,13,21H,3-4,8,12,14-18H2,1-2H3,(H,26,27). The van der Waals surface area contributed by atoms with Crippen molar-refractivity contribution in [3.8, 4) is 0 Å². The summed E-state index contributed by atoms with van der Waals surface area (Å²) in [4.78, 5) is 15.0. The second kappa shape index (κ2) is 9.53. The Morgan fingerprint density at radius 2 is 1.93 bits per heavy atom. The van der Waals surface area contributed by atoms with Gasteiger partial charge in [0.2, 0.25) is 0 Å². The molecule has 0 aromatic heterocycles. The predicted octanol–water partition coefficient (Wildman–Crippen LogP) is 4.75. The molecule has 0 saturated carbocycles. The maximum absolute atomic E-state index is 12.7. The van der Waals surface area contributed by atoms with Gasteiger partial charge in [0.1, 0.15) is 0 Å². The van der Waals surface area contributed by atoms with Crippen molar-refractivity contribution in [3.05, 3.63) is 48.0 Å². The fourth-order valence-electron chi connectivity index (χ4n) is 4.50. The van der Waals surface area contributed by atoms with Crippen molar-refractivity contribution in [1.82, 2.24) is 4.90 Å². The highest BCUT2D eigenvalue weighted by molar-refractivity contribution is 5.86. The minimum Gasteiger partial charge on any atom is -0.481 e. The van der Waals surface area contributed by atoms with E-state index in [2.05, 4.69) is 43.0 Å². The van der Waals surface area contributed by atoms with E-state index in [1.807, 2.05) is 18.2 Å². The van der Waals surface area contributed by atoms with E-state index >= 15 is 0 Å². The van der Waals surface area contributed by atoms with Crippen LogP contribution >= 0.6 is 0 Å². The highest BCUT2D eigenvalue weighted by atomic mass is 16.5. The highest BCUT2D eigenvalue weighted by Gasteiger charge is 2.42. The molecule has 1 N–H and O–H groups in total. The number of carboxylic acid groups (broad SMARTS) is 1. The minimum absolute atomic E-state index is 0.0581. The van der Waals surface area contributed by atoms with Gasteiger partial charge in [0.05, 0.1) is 11.5 Å². The molecular weight excluding hydrogens is 350 g/mol. The molecule has 0 aliphatic carbocycles. The van der Waals surface area contributed by atoms with Crippen LogP contribution in [0.1, 0.15) is 45.1 Å². The predicted molar refractivity (Wildman–Crippen MR) is 114 cm³/mol. The lowest BCUT2D eigenvalue weighted by Gasteiger charge is -2.34. The van der Waals surface area contributed by atoms with Crippen LogP contribution in [0, 0.1) is 5.41 Å². The van der Waals surface area contributed by atoms with Gasteiger partial charge in [0.15, 0.2) is 0 Å². The number of benzene rings is 2. The molecule has 2 unspecified atom stereocenters. The third-order valence-electron chi connectivity index (χ3n) is 6.31. The summed E-state index contributed by atoms with van der Waals surface area (Å²) in [5, 5.41) is 12.7. The van der Waals surface area contributed by atoms with Gasteiger partial charge in [0, 0.05) is 6.61 Å². The second-order valence-corrected chi connectivity index (χ2v) is 8.02. The zero-order chi connectivity index (χ0) is 20.0. The molecule has 2 atom stereocenters. The van der Waals surface area contributed by atoms with Crippen LogP contribution in [0.5, 0.6) is 0 Å². The van der Waals surface area contributed by atoms with Crippen molar-refractivity contribution in [1.29, 1.82) is 0 Å². The monoisotopic (exact) mass is 383 g/mol. The van der Waals surface area contributed by atoms with E-state index < -0.39 is 11.4 Å². The summed E-state index contributed by atoms with van der Waals surface area (Å²) in [7, 11) is 0. The average molecular weight is 384 g/mol. The Morgan fingerprint density at radius 1 is 1.18 bits per heavy atom. The third kappa shape index (κ3) is 4.73. The van der Waals surface area contributed by atoms with E-state index in [0.717, 1.165) is 50.0 Å². The molecule has 3 rings (SSSR count). The molecule has 1 heterocycles. The van der Waals surface area contributed by atoms with E-state index in [0.29, 0.717) is 19.3 Å². The number of hydrogen-bond donors (Lipinski definition) is 1. The van der Waals surface area contributed by atoms with Gasteiger partial charge in [0.25, 0.3) is 0 Å². The number of hydrogen-bond acceptors (Lipinski definition) is 3. The van der Waals surface area contributed by atoms with Crippen LogP contribution in [0.25, 0.3) is 10.8 Å². The Labute approximate surface area is 168 Å². The molecule has 0 bridgehead atoms. The first-order chi connectivity index (χ1) is 13.6. The van der Waals surface area contributed by atoms with Gasteiger partial charge in [-0.1, -0.05) is 56.3 Å². The fraction of sp³-hybridized carbons (Fsp3) is 0.542. The van der Waals surface area contributed by atoms with Crippen LogP contribution in [0.15, 0.2) is 42.5 Å². The van der Waals surface area contributed by atoms with Crippen LogP contribution < -0.4 is 0 Å². The third-order valence-corrected chi connectivity index (χ3v) is 6.31. The van der Waals surface area contributed by atoms with Crippen molar-refractivity contribution in [3.63, 3.8) is 0 Å². The quantitative estimate of drug-likeness (QED) is 0.643. The summed E-state index contributed by atoms with van der Waals surface area (Å²) >= 11 is 0. The summed E-state index contributed by atoms with van der Waals surface area (Å²) in [6, 6.07) is 14.5. The van der Waals surface area contributed by atoms with Gasteiger partial charge < -0.3 is 14.7 Å². The molecule has 4 heteroatoms. The second-order valence-electron chi connectivity index (χ2n) is 8.02.